The summed E-state index contributed by atoms with van der Waals surface area (Å²) in [4.78, 5) is 4.26. The van der Waals surface area contributed by atoms with E-state index in [2.05, 4.69) is 15.6 Å². The van der Waals surface area contributed by atoms with Crippen molar-refractivity contribution in [2.45, 2.75) is 18.0 Å². The van der Waals surface area contributed by atoms with Crippen molar-refractivity contribution >= 4 is 16.0 Å². The Kier molecular flexibility index (Phi) is 7.03. The molecular formula is C18H24N4O4S. The highest BCUT2D eigenvalue weighted by Crippen LogP contribution is 2.24. The van der Waals surface area contributed by atoms with Crippen molar-refractivity contribution in [3.05, 3.63) is 53.6 Å². The zero-order valence-electron chi connectivity index (χ0n) is 15.5. The number of hydrogen-bond donors (Lipinski definition) is 3. The summed E-state index contributed by atoms with van der Waals surface area (Å²) in [5.74, 6) is 2.04. The van der Waals surface area contributed by atoms with Crippen LogP contribution in [0.2, 0.25) is 0 Å². The fourth-order valence-corrected chi connectivity index (χ4v) is 2.90. The molecule has 2 rings (SSSR count). The molecule has 0 aromatic heterocycles. The van der Waals surface area contributed by atoms with Gasteiger partial charge in [0, 0.05) is 31.8 Å². The van der Waals surface area contributed by atoms with Crippen LogP contribution in [0.5, 0.6) is 11.5 Å². The van der Waals surface area contributed by atoms with E-state index in [0.29, 0.717) is 19.0 Å². The van der Waals surface area contributed by atoms with Gasteiger partial charge in [0.1, 0.15) is 11.5 Å². The predicted octanol–water partition coefficient (Wildman–Crippen LogP) is 1.22. The largest absolute Gasteiger partial charge is 0.497 e. The highest BCUT2D eigenvalue weighted by atomic mass is 32.2. The van der Waals surface area contributed by atoms with Crippen LogP contribution in [0, 0.1) is 0 Å². The van der Waals surface area contributed by atoms with Crippen molar-refractivity contribution in [1.29, 1.82) is 0 Å². The second kappa shape index (κ2) is 9.24. The van der Waals surface area contributed by atoms with Gasteiger partial charge in [-0.3, -0.25) is 4.99 Å². The monoisotopic (exact) mass is 392 g/mol. The fourth-order valence-electron chi connectivity index (χ4n) is 2.38. The minimum atomic E-state index is -3.68. The second-order valence-electron chi connectivity index (χ2n) is 5.65. The predicted molar refractivity (Wildman–Crippen MR) is 104 cm³/mol. The van der Waals surface area contributed by atoms with Gasteiger partial charge in [0.05, 0.1) is 19.1 Å². The van der Waals surface area contributed by atoms with E-state index in [9.17, 15) is 8.42 Å². The summed E-state index contributed by atoms with van der Waals surface area (Å²) in [7, 11) is 1.20. The molecule has 0 saturated heterocycles. The standard InChI is InChI=1S/C18H24N4O4S/c1-20-18(21-11-13-4-8-16(9-5-13)27(19,23)24)22-12-14-6-7-15(25-2)10-17(14)26-3/h4-10H,11-12H2,1-3H3,(H2,19,23,24)(H2,20,21,22). The molecule has 0 heterocycles. The van der Waals surface area contributed by atoms with Crippen molar-refractivity contribution in [2.75, 3.05) is 21.3 Å². The maximum absolute atomic E-state index is 11.3. The Hall–Kier alpha value is -2.78. The molecule has 0 atom stereocenters. The summed E-state index contributed by atoms with van der Waals surface area (Å²) >= 11 is 0. The fraction of sp³-hybridized carbons (Fsp3) is 0.278. The molecule has 0 fully saturated rings. The molecule has 0 aliphatic heterocycles. The minimum absolute atomic E-state index is 0.0837. The molecule has 0 bridgehead atoms. The molecule has 0 aliphatic rings. The number of methoxy groups -OCH3 is 2. The van der Waals surface area contributed by atoms with Crippen LogP contribution in [-0.2, 0) is 23.1 Å². The molecular weight excluding hydrogens is 368 g/mol. The number of hydrogen-bond acceptors (Lipinski definition) is 5. The Balaban J connectivity index is 1.95. The summed E-state index contributed by atoms with van der Waals surface area (Å²) in [5.41, 5.74) is 1.85. The molecule has 9 heteroatoms. The Bertz CT molecular complexity index is 896. The first-order chi connectivity index (χ1) is 12.9. The summed E-state index contributed by atoms with van der Waals surface area (Å²) in [5, 5.41) is 11.5. The van der Waals surface area contributed by atoms with Gasteiger partial charge in [-0.2, -0.15) is 0 Å². The number of nitrogens with zero attached hydrogens (tertiary/aromatic N) is 1. The maximum atomic E-state index is 11.3. The van der Waals surface area contributed by atoms with Gasteiger partial charge in [-0.25, -0.2) is 13.6 Å². The smallest absolute Gasteiger partial charge is 0.238 e. The van der Waals surface area contributed by atoms with Crippen molar-refractivity contribution in [1.82, 2.24) is 10.6 Å². The first-order valence-electron chi connectivity index (χ1n) is 8.14. The molecule has 0 saturated carbocycles. The highest BCUT2D eigenvalue weighted by molar-refractivity contribution is 7.89. The topological polar surface area (TPSA) is 115 Å². The van der Waals surface area contributed by atoms with Gasteiger partial charge in [-0.05, 0) is 29.8 Å². The molecule has 146 valence electrons. The molecule has 27 heavy (non-hydrogen) atoms. The van der Waals surface area contributed by atoms with E-state index in [0.717, 1.165) is 22.6 Å². The first-order valence-corrected chi connectivity index (χ1v) is 9.69. The number of rotatable bonds is 7. The van der Waals surface area contributed by atoms with Crippen LogP contribution in [0.15, 0.2) is 52.4 Å². The Morgan fingerprint density at radius 1 is 1.04 bits per heavy atom. The minimum Gasteiger partial charge on any atom is -0.497 e. The van der Waals surface area contributed by atoms with Crippen LogP contribution in [-0.4, -0.2) is 35.6 Å². The number of primary sulfonamides is 1. The van der Waals surface area contributed by atoms with Crippen molar-refractivity contribution in [2.24, 2.45) is 10.1 Å². The summed E-state index contributed by atoms with van der Waals surface area (Å²) in [6.45, 7) is 0.988. The van der Waals surface area contributed by atoms with Crippen LogP contribution in [0.3, 0.4) is 0 Å². The van der Waals surface area contributed by atoms with Gasteiger partial charge in [-0.1, -0.05) is 12.1 Å². The van der Waals surface area contributed by atoms with Crippen LogP contribution in [0.1, 0.15) is 11.1 Å². The third-order valence-corrected chi connectivity index (χ3v) is 4.81. The van der Waals surface area contributed by atoms with E-state index in [1.165, 1.54) is 12.1 Å². The number of ether oxygens (including phenoxy) is 2. The zero-order valence-corrected chi connectivity index (χ0v) is 16.3. The number of benzene rings is 2. The lowest BCUT2D eigenvalue weighted by Crippen LogP contribution is -2.36. The number of nitrogens with two attached hydrogens (primary N) is 1. The van der Waals surface area contributed by atoms with Crippen LogP contribution in [0.25, 0.3) is 0 Å². The van der Waals surface area contributed by atoms with Crippen LogP contribution < -0.4 is 25.2 Å². The molecule has 0 aliphatic carbocycles. The van der Waals surface area contributed by atoms with Gasteiger partial charge in [0.2, 0.25) is 10.0 Å². The van der Waals surface area contributed by atoms with Crippen molar-refractivity contribution in [3.63, 3.8) is 0 Å². The maximum Gasteiger partial charge on any atom is 0.238 e. The molecule has 0 amide bonds. The van der Waals surface area contributed by atoms with Gasteiger partial charge in [0.25, 0.3) is 0 Å². The Labute approximate surface area is 159 Å². The normalized spacial score (nSPS) is 11.8. The molecule has 4 N–H and O–H groups in total. The second-order valence-corrected chi connectivity index (χ2v) is 7.21. The molecule has 2 aromatic carbocycles. The molecule has 0 radical (unpaired) electrons. The van der Waals surface area contributed by atoms with Crippen LogP contribution >= 0.6 is 0 Å². The third-order valence-electron chi connectivity index (χ3n) is 3.88. The zero-order chi connectivity index (χ0) is 19.9. The molecule has 0 unspecified atom stereocenters. The number of sulfonamides is 1. The van der Waals surface area contributed by atoms with E-state index in [-0.39, 0.29) is 4.90 Å². The Morgan fingerprint density at radius 3 is 2.26 bits per heavy atom. The number of nitrogens with one attached hydrogen (secondary N) is 2. The van der Waals surface area contributed by atoms with Gasteiger partial charge < -0.3 is 20.1 Å². The quantitative estimate of drug-likeness (QED) is 0.482. The first kappa shape index (κ1) is 20.5. The van der Waals surface area contributed by atoms with E-state index >= 15 is 0 Å². The van der Waals surface area contributed by atoms with E-state index in [1.54, 1.807) is 33.4 Å². The summed E-state index contributed by atoms with van der Waals surface area (Å²) < 4.78 is 33.1. The summed E-state index contributed by atoms with van der Waals surface area (Å²) in [6.07, 6.45) is 0. The molecule has 2 aromatic rings. The number of aliphatic imine (C=N–C) groups is 1. The lowest BCUT2D eigenvalue weighted by atomic mass is 10.2. The highest BCUT2D eigenvalue weighted by Gasteiger charge is 2.08. The SMILES string of the molecule is CN=C(NCc1ccc(S(N)(=O)=O)cc1)NCc1ccc(OC)cc1OC. The molecule has 0 spiro atoms. The van der Waals surface area contributed by atoms with E-state index in [4.69, 9.17) is 14.6 Å². The molecule has 8 nitrogen and oxygen atoms in total. The van der Waals surface area contributed by atoms with Crippen molar-refractivity contribution < 1.29 is 17.9 Å². The van der Waals surface area contributed by atoms with Crippen molar-refractivity contribution in [3.8, 4) is 11.5 Å². The summed E-state index contributed by atoms with van der Waals surface area (Å²) in [6, 6.07) is 12.0. The lowest BCUT2D eigenvalue weighted by Gasteiger charge is -2.14. The van der Waals surface area contributed by atoms with E-state index < -0.39 is 10.0 Å². The van der Waals surface area contributed by atoms with Gasteiger partial charge >= 0.3 is 0 Å². The third kappa shape index (κ3) is 5.87. The van der Waals surface area contributed by atoms with Crippen LogP contribution in [0.4, 0.5) is 0 Å². The van der Waals surface area contributed by atoms with Gasteiger partial charge in [-0.15, -0.1) is 0 Å². The Morgan fingerprint density at radius 2 is 1.70 bits per heavy atom. The average molecular weight is 392 g/mol. The number of guanidine groups is 1. The van der Waals surface area contributed by atoms with E-state index in [1.807, 2.05) is 18.2 Å². The average Bonchev–Trinajstić information content (AvgIpc) is 2.67. The lowest BCUT2D eigenvalue weighted by molar-refractivity contribution is 0.390. The van der Waals surface area contributed by atoms with Gasteiger partial charge in [0.15, 0.2) is 5.96 Å².